The van der Waals surface area contributed by atoms with Gasteiger partial charge in [-0.1, -0.05) is 27.2 Å². The Hall–Kier alpha value is -0.120. The molecule has 3 N–H and O–H groups in total. The van der Waals surface area contributed by atoms with Crippen LogP contribution in [-0.4, -0.2) is 42.3 Å². The van der Waals surface area contributed by atoms with Crippen molar-refractivity contribution in [2.24, 2.45) is 28.9 Å². The Labute approximate surface area is 131 Å². The van der Waals surface area contributed by atoms with Crippen LogP contribution in [0.25, 0.3) is 0 Å². The fourth-order valence-corrected chi connectivity index (χ4v) is 4.48. The standard InChI is InChI=1S/C18H36N2O/c1-4-18(2,3)16-8-7-15(11-19)17(10-16)20-9-5-6-14(12-20)13-21/h14-17,21H,4-13,19H2,1-3H3. The van der Waals surface area contributed by atoms with Crippen LogP contribution in [0, 0.1) is 23.2 Å². The predicted octanol–water partition coefficient (Wildman–Crippen LogP) is 2.87. The van der Waals surface area contributed by atoms with Crippen molar-refractivity contribution in [3.8, 4) is 0 Å². The van der Waals surface area contributed by atoms with Crippen molar-refractivity contribution in [2.45, 2.75) is 65.3 Å². The third kappa shape index (κ3) is 4.00. The Morgan fingerprint density at radius 3 is 2.62 bits per heavy atom. The van der Waals surface area contributed by atoms with E-state index in [1.807, 2.05) is 0 Å². The lowest BCUT2D eigenvalue weighted by Crippen LogP contribution is -2.52. The molecule has 0 aromatic carbocycles. The van der Waals surface area contributed by atoms with Crippen LogP contribution in [0.2, 0.25) is 0 Å². The number of hydrogen-bond acceptors (Lipinski definition) is 3. The van der Waals surface area contributed by atoms with Crippen molar-refractivity contribution in [1.82, 2.24) is 4.90 Å². The molecular formula is C18H36N2O. The molecule has 2 rings (SSSR count). The average Bonchev–Trinajstić information content (AvgIpc) is 2.54. The highest BCUT2D eigenvalue weighted by Crippen LogP contribution is 2.44. The molecule has 0 radical (unpaired) electrons. The van der Waals surface area contributed by atoms with Gasteiger partial charge < -0.3 is 10.8 Å². The Balaban J connectivity index is 2.06. The molecule has 0 spiro atoms. The van der Waals surface area contributed by atoms with Crippen LogP contribution in [-0.2, 0) is 0 Å². The number of nitrogens with zero attached hydrogens (tertiary/aromatic N) is 1. The van der Waals surface area contributed by atoms with E-state index in [1.165, 1.54) is 45.1 Å². The Morgan fingerprint density at radius 2 is 2.00 bits per heavy atom. The molecule has 1 aliphatic heterocycles. The normalized spacial score (nSPS) is 35.9. The molecule has 0 bridgehead atoms. The number of piperidine rings is 1. The maximum Gasteiger partial charge on any atom is 0.0471 e. The lowest BCUT2D eigenvalue weighted by atomic mass is 9.65. The van der Waals surface area contributed by atoms with Crippen molar-refractivity contribution in [3.63, 3.8) is 0 Å². The lowest BCUT2D eigenvalue weighted by molar-refractivity contribution is 0.00803. The van der Waals surface area contributed by atoms with Gasteiger partial charge in [-0.15, -0.1) is 0 Å². The van der Waals surface area contributed by atoms with Gasteiger partial charge in [-0.3, -0.25) is 4.90 Å². The van der Waals surface area contributed by atoms with E-state index in [-0.39, 0.29) is 0 Å². The quantitative estimate of drug-likeness (QED) is 0.820. The molecule has 0 amide bonds. The molecule has 0 aromatic heterocycles. The SMILES string of the molecule is CCC(C)(C)C1CCC(CN)C(N2CCCC(CO)C2)C1. The molecule has 1 saturated heterocycles. The largest absolute Gasteiger partial charge is 0.396 e. The molecule has 1 aliphatic carbocycles. The topological polar surface area (TPSA) is 49.5 Å². The minimum atomic E-state index is 0.348. The summed E-state index contributed by atoms with van der Waals surface area (Å²) < 4.78 is 0. The molecule has 2 aliphatic rings. The molecule has 1 heterocycles. The second-order valence-electron chi connectivity index (χ2n) is 8.10. The second kappa shape index (κ2) is 7.43. The fraction of sp³-hybridized carbons (Fsp3) is 1.00. The molecule has 1 saturated carbocycles. The zero-order chi connectivity index (χ0) is 15.5. The summed E-state index contributed by atoms with van der Waals surface area (Å²) in [5.74, 6) is 1.97. The van der Waals surface area contributed by atoms with Crippen LogP contribution >= 0.6 is 0 Å². The zero-order valence-electron chi connectivity index (χ0n) is 14.4. The summed E-state index contributed by atoms with van der Waals surface area (Å²) in [4.78, 5) is 2.67. The number of aliphatic hydroxyl groups excluding tert-OH is 1. The fourth-order valence-electron chi connectivity index (χ4n) is 4.48. The summed E-state index contributed by atoms with van der Waals surface area (Å²) in [6, 6.07) is 0.647. The molecule has 4 atom stereocenters. The summed E-state index contributed by atoms with van der Waals surface area (Å²) in [5, 5.41) is 9.50. The van der Waals surface area contributed by atoms with Crippen LogP contribution < -0.4 is 5.73 Å². The molecule has 3 nitrogen and oxygen atoms in total. The lowest BCUT2D eigenvalue weighted by Gasteiger charge is -2.48. The van der Waals surface area contributed by atoms with Gasteiger partial charge in [-0.25, -0.2) is 0 Å². The predicted molar refractivity (Wildman–Crippen MR) is 89.1 cm³/mol. The van der Waals surface area contributed by atoms with E-state index < -0.39 is 0 Å². The summed E-state index contributed by atoms with van der Waals surface area (Å²) in [5.41, 5.74) is 6.53. The van der Waals surface area contributed by atoms with Crippen molar-refractivity contribution in [2.75, 3.05) is 26.2 Å². The number of nitrogens with two attached hydrogens (primary N) is 1. The van der Waals surface area contributed by atoms with E-state index in [2.05, 4.69) is 25.7 Å². The van der Waals surface area contributed by atoms with E-state index in [4.69, 9.17) is 5.73 Å². The van der Waals surface area contributed by atoms with Crippen LogP contribution in [0.1, 0.15) is 59.3 Å². The number of rotatable bonds is 5. The Bertz CT molecular complexity index is 318. The van der Waals surface area contributed by atoms with Crippen LogP contribution in [0.5, 0.6) is 0 Å². The monoisotopic (exact) mass is 296 g/mol. The molecule has 124 valence electrons. The molecule has 2 fully saturated rings. The first-order valence-electron chi connectivity index (χ1n) is 9.06. The highest BCUT2D eigenvalue weighted by Gasteiger charge is 2.40. The molecule has 4 unspecified atom stereocenters. The van der Waals surface area contributed by atoms with Gasteiger partial charge in [0.05, 0.1) is 0 Å². The molecule has 0 aromatic rings. The van der Waals surface area contributed by atoms with Crippen molar-refractivity contribution >= 4 is 0 Å². The van der Waals surface area contributed by atoms with Crippen molar-refractivity contribution in [1.29, 1.82) is 0 Å². The van der Waals surface area contributed by atoms with E-state index in [0.29, 0.717) is 29.9 Å². The first kappa shape index (κ1) is 17.2. The molecular weight excluding hydrogens is 260 g/mol. The highest BCUT2D eigenvalue weighted by molar-refractivity contribution is 4.93. The second-order valence-corrected chi connectivity index (χ2v) is 8.10. The van der Waals surface area contributed by atoms with Gasteiger partial charge in [-0.05, 0) is 68.4 Å². The summed E-state index contributed by atoms with van der Waals surface area (Å²) in [6.07, 6.45) is 7.63. The van der Waals surface area contributed by atoms with Gasteiger partial charge in [0, 0.05) is 19.2 Å². The smallest absolute Gasteiger partial charge is 0.0471 e. The number of hydrogen-bond donors (Lipinski definition) is 2. The van der Waals surface area contributed by atoms with Crippen LogP contribution in [0.4, 0.5) is 0 Å². The van der Waals surface area contributed by atoms with Gasteiger partial charge in [0.15, 0.2) is 0 Å². The summed E-state index contributed by atoms with van der Waals surface area (Å²) >= 11 is 0. The van der Waals surface area contributed by atoms with Crippen molar-refractivity contribution < 1.29 is 5.11 Å². The van der Waals surface area contributed by atoms with Gasteiger partial charge in [0.1, 0.15) is 0 Å². The summed E-state index contributed by atoms with van der Waals surface area (Å²) in [7, 11) is 0. The van der Waals surface area contributed by atoms with Gasteiger partial charge >= 0.3 is 0 Å². The third-order valence-electron chi connectivity index (χ3n) is 6.55. The minimum absolute atomic E-state index is 0.348. The Morgan fingerprint density at radius 1 is 1.24 bits per heavy atom. The van der Waals surface area contributed by atoms with E-state index in [0.717, 1.165) is 19.0 Å². The maximum absolute atomic E-state index is 9.50. The third-order valence-corrected chi connectivity index (χ3v) is 6.55. The zero-order valence-corrected chi connectivity index (χ0v) is 14.4. The first-order valence-corrected chi connectivity index (χ1v) is 9.06. The molecule has 3 heteroatoms. The number of aliphatic hydroxyl groups is 1. The van der Waals surface area contributed by atoms with Gasteiger partial charge in [0.25, 0.3) is 0 Å². The average molecular weight is 296 g/mol. The van der Waals surface area contributed by atoms with Crippen LogP contribution in [0.3, 0.4) is 0 Å². The van der Waals surface area contributed by atoms with Crippen molar-refractivity contribution in [3.05, 3.63) is 0 Å². The Kier molecular flexibility index (Phi) is 6.10. The van der Waals surface area contributed by atoms with Crippen LogP contribution in [0.15, 0.2) is 0 Å². The minimum Gasteiger partial charge on any atom is -0.396 e. The summed E-state index contributed by atoms with van der Waals surface area (Å²) in [6.45, 7) is 10.7. The van der Waals surface area contributed by atoms with E-state index >= 15 is 0 Å². The van der Waals surface area contributed by atoms with E-state index in [1.54, 1.807) is 0 Å². The van der Waals surface area contributed by atoms with Gasteiger partial charge in [-0.2, -0.15) is 0 Å². The number of likely N-dealkylation sites (tertiary alicyclic amines) is 1. The molecule has 21 heavy (non-hydrogen) atoms. The first-order chi connectivity index (χ1) is 10.0. The maximum atomic E-state index is 9.50. The highest BCUT2D eigenvalue weighted by atomic mass is 16.3. The van der Waals surface area contributed by atoms with Gasteiger partial charge in [0.2, 0.25) is 0 Å². The van der Waals surface area contributed by atoms with E-state index in [9.17, 15) is 5.11 Å².